The van der Waals surface area contributed by atoms with Crippen LogP contribution in [0.5, 0.6) is 0 Å². The molecule has 0 bridgehead atoms. The molecule has 1 aromatic rings. The third kappa shape index (κ3) is 2.99. The standard InChI is InChI=1S/C13H19NO2/c1-4-9(2)8-16-13(15)11-7-5-6-10(3)12(11)14/h5-7,9H,4,8,14H2,1-3H3. The molecule has 0 heterocycles. The summed E-state index contributed by atoms with van der Waals surface area (Å²) in [5, 5.41) is 0. The number of hydrogen-bond acceptors (Lipinski definition) is 3. The normalized spacial score (nSPS) is 12.2. The van der Waals surface area contributed by atoms with Crippen molar-refractivity contribution in [2.75, 3.05) is 12.3 Å². The SMILES string of the molecule is CCC(C)COC(=O)c1cccc(C)c1N. The fourth-order valence-electron chi connectivity index (χ4n) is 1.27. The summed E-state index contributed by atoms with van der Waals surface area (Å²) in [7, 11) is 0. The molecule has 1 rings (SSSR count). The zero-order valence-electron chi connectivity index (χ0n) is 10.1. The van der Waals surface area contributed by atoms with Crippen LogP contribution in [0.3, 0.4) is 0 Å². The molecule has 0 spiro atoms. The lowest BCUT2D eigenvalue weighted by molar-refractivity contribution is 0.0448. The first-order chi connectivity index (χ1) is 7.56. The minimum atomic E-state index is -0.332. The second-order valence-corrected chi connectivity index (χ2v) is 4.15. The number of benzene rings is 1. The molecule has 0 saturated carbocycles. The van der Waals surface area contributed by atoms with Gasteiger partial charge in [-0.15, -0.1) is 0 Å². The second-order valence-electron chi connectivity index (χ2n) is 4.15. The third-order valence-corrected chi connectivity index (χ3v) is 2.74. The molecule has 3 heteroatoms. The van der Waals surface area contributed by atoms with Crippen molar-refractivity contribution in [3.05, 3.63) is 29.3 Å². The van der Waals surface area contributed by atoms with E-state index in [9.17, 15) is 4.79 Å². The van der Waals surface area contributed by atoms with Crippen molar-refractivity contribution in [1.29, 1.82) is 0 Å². The zero-order chi connectivity index (χ0) is 12.1. The van der Waals surface area contributed by atoms with E-state index < -0.39 is 0 Å². The monoisotopic (exact) mass is 221 g/mol. The molecule has 0 aromatic heterocycles. The maximum Gasteiger partial charge on any atom is 0.340 e. The van der Waals surface area contributed by atoms with Gasteiger partial charge >= 0.3 is 5.97 Å². The summed E-state index contributed by atoms with van der Waals surface area (Å²) in [4.78, 5) is 11.7. The van der Waals surface area contributed by atoms with Crippen molar-refractivity contribution < 1.29 is 9.53 Å². The topological polar surface area (TPSA) is 52.3 Å². The smallest absolute Gasteiger partial charge is 0.340 e. The van der Waals surface area contributed by atoms with Gasteiger partial charge in [0.25, 0.3) is 0 Å². The molecule has 88 valence electrons. The van der Waals surface area contributed by atoms with Crippen molar-refractivity contribution in [3.8, 4) is 0 Å². The number of anilines is 1. The Labute approximate surface area is 96.6 Å². The highest BCUT2D eigenvalue weighted by molar-refractivity contribution is 5.95. The summed E-state index contributed by atoms with van der Waals surface area (Å²) in [6, 6.07) is 5.38. The summed E-state index contributed by atoms with van der Waals surface area (Å²) in [6.07, 6.45) is 0.997. The van der Waals surface area contributed by atoms with Gasteiger partial charge in [-0.05, 0) is 24.5 Å². The molecule has 0 aliphatic heterocycles. The molecule has 0 saturated heterocycles. The first kappa shape index (κ1) is 12.6. The van der Waals surface area contributed by atoms with Crippen molar-refractivity contribution in [3.63, 3.8) is 0 Å². The lowest BCUT2D eigenvalue weighted by atomic mass is 10.1. The average Bonchev–Trinajstić information content (AvgIpc) is 2.29. The van der Waals surface area contributed by atoms with Crippen molar-refractivity contribution in [2.24, 2.45) is 5.92 Å². The number of nitrogen functional groups attached to an aromatic ring is 1. The Balaban J connectivity index is 2.70. The molecule has 16 heavy (non-hydrogen) atoms. The average molecular weight is 221 g/mol. The van der Waals surface area contributed by atoms with E-state index in [1.807, 2.05) is 26.0 Å². The predicted octanol–water partition coefficient (Wildman–Crippen LogP) is 2.78. The van der Waals surface area contributed by atoms with E-state index in [2.05, 4.69) is 6.92 Å². The van der Waals surface area contributed by atoms with E-state index >= 15 is 0 Å². The van der Waals surface area contributed by atoms with Crippen molar-refractivity contribution in [2.45, 2.75) is 27.2 Å². The Bertz CT molecular complexity index is 374. The van der Waals surface area contributed by atoms with Crippen LogP contribution < -0.4 is 5.73 Å². The fraction of sp³-hybridized carbons (Fsp3) is 0.462. The van der Waals surface area contributed by atoms with Gasteiger partial charge in [0.05, 0.1) is 12.2 Å². The minimum Gasteiger partial charge on any atom is -0.462 e. The van der Waals surface area contributed by atoms with Crippen LogP contribution in [0.25, 0.3) is 0 Å². The van der Waals surface area contributed by atoms with Crippen LogP contribution in [-0.2, 0) is 4.74 Å². The van der Waals surface area contributed by atoms with Gasteiger partial charge in [-0.25, -0.2) is 4.79 Å². The number of aryl methyl sites for hydroxylation is 1. The second kappa shape index (κ2) is 5.54. The Morgan fingerprint density at radius 1 is 1.50 bits per heavy atom. The Morgan fingerprint density at radius 2 is 2.19 bits per heavy atom. The van der Waals surface area contributed by atoms with Gasteiger partial charge in [0, 0.05) is 5.69 Å². The van der Waals surface area contributed by atoms with E-state index in [1.165, 1.54) is 0 Å². The summed E-state index contributed by atoms with van der Waals surface area (Å²) >= 11 is 0. The Hall–Kier alpha value is -1.51. The number of esters is 1. The van der Waals surface area contributed by atoms with Crippen LogP contribution in [0.2, 0.25) is 0 Å². The number of para-hydroxylation sites is 1. The molecule has 3 nitrogen and oxygen atoms in total. The maximum atomic E-state index is 11.7. The Morgan fingerprint density at radius 3 is 2.81 bits per heavy atom. The number of hydrogen-bond donors (Lipinski definition) is 1. The minimum absolute atomic E-state index is 0.332. The molecular weight excluding hydrogens is 202 g/mol. The largest absolute Gasteiger partial charge is 0.462 e. The number of ether oxygens (including phenoxy) is 1. The van der Waals surface area contributed by atoms with Crippen LogP contribution in [0, 0.1) is 12.8 Å². The summed E-state index contributed by atoms with van der Waals surface area (Å²) in [5.41, 5.74) is 7.69. The van der Waals surface area contributed by atoms with Crippen LogP contribution in [0.4, 0.5) is 5.69 Å². The molecule has 0 radical (unpaired) electrons. The van der Waals surface area contributed by atoms with Gasteiger partial charge in [0.2, 0.25) is 0 Å². The lowest BCUT2D eigenvalue weighted by Gasteiger charge is -2.11. The van der Waals surface area contributed by atoms with Crippen molar-refractivity contribution in [1.82, 2.24) is 0 Å². The van der Waals surface area contributed by atoms with Gasteiger partial charge in [-0.3, -0.25) is 0 Å². The van der Waals surface area contributed by atoms with Crippen LogP contribution >= 0.6 is 0 Å². The maximum absolute atomic E-state index is 11.7. The van der Waals surface area contributed by atoms with Crippen molar-refractivity contribution >= 4 is 11.7 Å². The number of carbonyl (C=O) groups is 1. The van der Waals surface area contributed by atoms with Gasteiger partial charge in [-0.2, -0.15) is 0 Å². The van der Waals surface area contributed by atoms with Gasteiger partial charge in [0.1, 0.15) is 0 Å². The fourth-order valence-corrected chi connectivity index (χ4v) is 1.27. The summed E-state index contributed by atoms with van der Waals surface area (Å²) < 4.78 is 5.20. The van der Waals surface area contributed by atoms with E-state index in [1.54, 1.807) is 6.07 Å². The zero-order valence-corrected chi connectivity index (χ0v) is 10.1. The molecule has 1 aromatic carbocycles. The highest BCUT2D eigenvalue weighted by Gasteiger charge is 2.13. The van der Waals surface area contributed by atoms with Gasteiger partial charge in [0.15, 0.2) is 0 Å². The quantitative estimate of drug-likeness (QED) is 0.628. The van der Waals surface area contributed by atoms with E-state index in [-0.39, 0.29) is 5.97 Å². The highest BCUT2D eigenvalue weighted by Crippen LogP contribution is 2.17. The summed E-state index contributed by atoms with van der Waals surface area (Å²) in [5.74, 6) is 0.0523. The molecule has 1 unspecified atom stereocenters. The molecule has 0 amide bonds. The van der Waals surface area contributed by atoms with Gasteiger partial charge in [-0.1, -0.05) is 32.4 Å². The molecule has 0 aliphatic rings. The van der Waals surface area contributed by atoms with Crippen LogP contribution in [-0.4, -0.2) is 12.6 Å². The molecule has 2 N–H and O–H groups in total. The number of carbonyl (C=O) groups excluding carboxylic acids is 1. The third-order valence-electron chi connectivity index (χ3n) is 2.74. The molecule has 0 fully saturated rings. The predicted molar refractivity (Wildman–Crippen MR) is 65.3 cm³/mol. The van der Waals surface area contributed by atoms with E-state index in [0.717, 1.165) is 12.0 Å². The number of rotatable bonds is 4. The van der Waals surface area contributed by atoms with Gasteiger partial charge < -0.3 is 10.5 Å². The first-order valence-electron chi connectivity index (χ1n) is 5.58. The molecule has 1 atom stereocenters. The Kier molecular flexibility index (Phi) is 4.35. The number of nitrogens with two attached hydrogens (primary N) is 1. The van der Waals surface area contributed by atoms with Crippen LogP contribution in [0.15, 0.2) is 18.2 Å². The summed E-state index contributed by atoms with van der Waals surface area (Å²) in [6.45, 7) is 6.44. The molecule has 0 aliphatic carbocycles. The van der Waals surface area contributed by atoms with E-state index in [0.29, 0.717) is 23.8 Å². The lowest BCUT2D eigenvalue weighted by Crippen LogP contribution is -2.13. The highest BCUT2D eigenvalue weighted by atomic mass is 16.5. The first-order valence-corrected chi connectivity index (χ1v) is 5.58. The van der Waals surface area contributed by atoms with Crippen LogP contribution in [0.1, 0.15) is 36.2 Å². The molecular formula is C13H19NO2. The van der Waals surface area contributed by atoms with E-state index in [4.69, 9.17) is 10.5 Å².